The Bertz CT molecular complexity index is 1560. The molecule has 0 saturated heterocycles. The monoisotopic (exact) mass is 648 g/mol. The predicted octanol–water partition coefficient (Wildman–Crippen LogP) is 7.04. The topological polar surface area (TPSA) is 104 Å². The summed E-state index contributed by atoms with van der Waals surface area (Å²) >= 11 is 6.66. The molecule has 4 rings (SSSR count). The molecule has 244 valence electrons. The van der Waals surface area contributed by atoms with Gasteiger partial charge in [-0.3, -0.25) is 4.79 Å². The van der Waals surface area contributed by atoms with Gasteiger partial charge in [0.1, 0.15) is 5.60 Å². The van der Waals surface area contributed by atoms with E-state index in [0.29, 0.717) is 12.1 Å². The van der Waals surface area contributed by atoms with Gasteiger partial charge in [-0.05, 0) is 81.8 Å². The van der Waals surface area contributed by atoms with E-state index in [1.54, 1.807) is 20.2 Å². The van der Waals surface area contributed by atoms with Gasteiger partial charge in [-0.1, -0.05) is 48.0 Å². The van der Waals surface area contributed by atoms with Crippen molar-refractivity contribution >= 4 is 23.6 Å². The Hall–Kier alpha value is -4.13. The Morgan fingerprint density at radius 3 is 2.33 bits per heavy atom. The summed E-state index contributed by atoms with van der Waals surface area (Å²) in [6.45, 7) is 5.82. The van der Waals surface area contributed by atoms with Gasteiger partial charge in [-0.25, -0.2) is 9.18 Å². The summed E-state index contributed by atoms with van der Waals surface area (Å²) in [7, 11) is 3.18. The maximum Gasteiger partial charge on any atom is 0.407 e. The average Bonchev–Trinajstić information content (AvgIpc) is 3.01. The van der Waals surface area contributed by atoms with Crippen molar-refractivity contribution in [3.8, 4) is 22.9 Å². The average molecular weight is 649 g/mol. The van der Waals surface area contributed by atoms with Crippen LogP contribution in [0.5, 0.6) is 5.75 Å². The Morgan fingerprint density at radius 2 is 1.70 bits per heavy atom. The molecule has 0 aliphatic heterocycles. The van der Waals surface area contributed by atoms with Crippen LogP contribution in [0.25, 0.3) is 11.1 Å². The van der Waals surface area contributed by atoms with Gasteiger partial charge in [0.15, 0.2) is 18.2 Å². The summed E-state index contributed by atoms with van der Waals surface area (Å²) in [5.74, 6) is -1.31. The number of hydrogen-bond acceptors (Lipinski definition) is 6. The SMILES string of the molecule is CN(C)C(=O)COc1ccc(C#N)c(-c2cc(C(CNC3CCC(NC(=O)OC(C)(C)C)CC3)c3ccccc3)ccc2Cl)c1F. The standard InChI is InChI=1S/C36H42ClFN4O4/c1-36(2,3)46-35(44)41-27-15-13-26(14-16-27)40-21-29(23-9-7-6-8-10-23)24-11-17-30(37)28(19-24)33-25(20-39)12-18-31(34(33)38)45-22-32(43)42(4)5/h6-12,17-19,26-27,29,40H,13-16,21-22H2,1-5H3,(H,41,44). The van der Waals surface area contributed by atoms with Crippen molar-refractivity contribution in [2.45, 2.75) is 70.1 Å². The van der Waals surface area contributed by atoms with Crippen LogP contribution >= 0.6 is 11.6 Å². The number of ether oxygens (including phenoxy) is 2. The minimum atomic E-state index is -0.754. The molecule has 0 aromatic heterocycles. The first-order chi connectivity index (χ1) is 21.9. The predicted molar refractivity (Wildman–Crippen MR) is 177 cm³/mol. The number of alkyl carbamates (subject to hydrolysis) is 1. The zero-order valence-corrected chi connectivity index (χ0v) is 27.8. The fraction of sp³-hybridized carbons (Fsp3) is 0.417. The molecule has 0 bridgehead atoms. The van der Waals surface area contributed by atoms with Crippen LogP contribution in [0.1, 0.15) is 69.1 Å². The van der Waals surface area contributed by atoms with E-state index in [0.717, 1.165) is 36.8 Å². The summed E-state index contributed by atoms with van der Waals surface area (Å²) < 4.78 is 26.9. The number of halogens is 2. The molecular weight excluding hydrogens is 607 g/mol. The highest BCUT2D eigenvalue weighted by Crippen LogP contribution is 2.39. The molecular formula is C36H42ClFN4O4. The van der Waals surface area contributed by atoms with Crippen LogP contribution in [0.15, 0.2) is 60.7 Å². The van der Waals surface area contributed by atoms with Crippen molar-refractivity contribution in [2.24, 2.45) is 0 Å². The van der Waals surface area contributed by atoms with Gasteiger partial charge >= 0.3 is 6.09 Å². The zero-order chi connectivity index (χ0) is 33.4. The van der Waals surface area contributed by atoms with Gasteiger partial charge < -0.3 is 25.0 Å². The molecule has 1 saturated carbocycles. The molecule has 0 heterocycles. The summed E-state index contributed by atoms with van der Waals surface area (Å²) in [6, 6.07) is 20.7. The second-order valence-electron chi connectivity index (χ2n) is 12.8. The third-order valence-corrected chi connectivity index (χ3v) is 8.33. The van der Waals surface area contributed by atoms with E-state index in [9.17, 15) is 14.9 Å². The summed E-state index contributed by atoms with van der Waals surface area (Å²) in [6.07, 6.45) is 3.09. The normalized spacial score (nSPS) is 17.0. The third-order valence-electron chi connectivity index (χ3n) is 8.00. The van der Waals surface area contributed by atoms with E-state index in [1.165, 1.54) is 17.0 Å². The Balaban J connectivity index is 1.55. The Morgan fingerprint density at radius 1 is 1.02 bits per heavy atom. The largest absolute Gasteiger partial charge is 0.481 e. The molecule has 10 heteroatoms. The second-order valence-corrected chi connectivity index (χ2v) is 13.2. The molecule has 2 amide bonds. The number of carbonyl (C=O) groups is 2. The lowest BCUT2D eigenvalue weighted by atomic mass is 9.87. The molecule has 1 fully saturated rings. The molecule has 2 N–H and O–H groups in total. The molecule has 8 nitrogen and oxygen atoms in total. The van der Waals surface area contributed by atoms with Crippen molar-refractivity contribution in [2.75, 3.05) is 27.2 Å². The van der Waals surface area contributed by atoms with Crippen LogP contribution in [-0.2, 0) is 9.53 Å². The lowest BCUT2D eigenvalue weighted by Crippen LogP contribution is -2.44. The van der Waals surface area contributed by atoms with Crippen LogP contribution in [0, 0.1) is 17.1 Å². The smallest absolute Gasteiger partial charge is 0.407 e. The second kappa shape index (κ2) is 15.4. The first kappa shape index (κ1) is 34.7. The summed E-state index contributed by atoms with van der Waals surface area (Å²) in [5, 5.41) is 16.9. The lowest BCUT2D eigenvalue weighted by Gasteiger charge is -2.32. The summed E-state index contributed by atoms with van der Waals surface area (Å²) in [5.41, 5.74) is 1.93. The van der Waals surface area contributed by atoms with Gasteiger partial charge in [-0.15, -0.1) is 0 Å². The van der Waals surface area contributed by atoms with Crippen LogP contribution in [0.2, 0.25) is 5.02 Å². The molecule has 0 spiro atoms. The highest BCUT2D eigenvalue weighted by atomic mass is 35.5. The van der Waals surface area contributed by atoms with Crippen molar-refractivity contribution < 1.29 is 23.5 Å². The Labute approximate surface area is 275 Å². The van der Waals surface area contributed by atoms with Crippen LogP contribution < -0.4 is 15.4 Å². The number of carbonyl (C=O) groups excluding carboxylic acids is 2. The molecule has 3 aromatic carbocycles. The zero-order valence-electron chi connectivity index (χ0n) is 27.0. The minimum absolute atomic E-state index is 0.0275. The lowest BCUT2D eigenvalue weighted by molar-refractivity contribution is -0.130. The quantitative estimate of drug-likeness (QED) is 0.244. The van der Waals surface area contributed by atoms with Crippen molar-refractivity contribution in [3.05, 3.63) is 88.2 Å². The van der Waals surface area contributed by atoms with E-state index in [4.69, 9.17) is 21.1 Å². The number of amides is 2. The maximum atomic E-state index is 16.0. The third kappa shape index (κ3) is 9.21. The van der Waals surface area contributed by atoms with E-state index in [2.05, 4.69) is 28.8 Å². The summed E-state index contributed by atoms with van der Waals surface area (Å²) in [4.78, 5) is 25.7. The molecule has 1 atom stereocenters. The first-order valence-corrected chi connectivity index (χ1v) is 15.9. The van der Waals surface area contributed by atoms with Crippen molar-refractivity contribution in [3.63, 3.8) is 0 Å². The van der Waals surface area contributed by atoms with E-state index >= 15 is 4.39 Å². The van der Waals surface area contributed by atoms with Gasteiger partial charge in [0, 0.05) is 54.8 Å². The van der Waals surface area contributed by atoms with Gasteiger partial charge in [0.25, 0.3) is 5.91 Å². The molecule has 46 heavy (non-hydrogen) atoms. The number of benzene rings is 3. The molecule has 1 unspecified atom stereocenters. The van der Waals surface area contributed by atoms with E-state index in [1.807, 2.05) is 51.1 Å². The van der Waals surface area contributed by atoms with Crippen LogP contribution in [0.4, 0.5) is 9.18 Å². The fourth-order valence-corrected chi connectivity index (χ4v) is 5.77. The number of nitrogens with zero attached hydrogens (tertiary/aromatic N) is 2. The first-order valence-electron chi connectivity index (χ1n) is 15.5. The van der Waals surface area contributed by atoms with Gasteiger partial charge in [-0.2, -0.15) is 5.26 Å². The van der Waals surface area contributed by atoms with Gasteiger partial charge in [0.05, 0.1) is 11.6 Å². The molecule has 3 aromatic rings. The number of likely N-dealkylation sites (N-methyl/N-ethyl adjacent to an activating group) is 1. The number of nitrogens with one attached hydrogen (secondary N) is 2. The number of rotatable bonds is 10. The van der Waals surface area contributed by atoms with Crippen LogP contribution in [-0.4, -0.2) is 61.8 Å². The molecule has 1 aliphatic rings. The van der Waals surface area contributed by atoms with Crippen molar-refractivity contribution in [1.82, 2.24) is 15.5 Å². The van der Waals surface area contributed by atoms with E-state index < -0.39 is 11.4 Å². The van der Waals surface area contributed by atoms with Crippen LogP contribution in [0.3, 0.4) is 0 Å². The molecule has 1 aliphatic carbocycles. The Kier molecular flexibility index (Phi) is 11.7. The highest BCUT2D eigenvalue weighted by Gasteiger charge is 2.27. The molecule has 0 radical (unpaired) electrons. The van der Waals surface area contributed by atoms with Crippen molar-refractivity contribution in [1.29, 1.82) is 5.26 Å². The fourth-order valence-electron chi connectivity index (χ4n) is 5.56. The minimum Gasteiger partial charge on any atom is -0.481 e. The highest BCUT2D eigenvalue weighted by molar-refractivity contribution is 6.33. The van der Waals surface area contributed by atoms with Gasteiger partial charge in [0.2, 0.25) is 0 Å². The van der Waals surface area contributed by atoms with E-state index in [-0.39, 0.29) is 58.5 Å². The number of hydrogen-bond donors (Lipinski definition) is 2. The number of nitriles is 1. The maximum absolute atomic E-state index is 16.0.